The lowest BCUT2D eigenvalue weighted by Crippen LogP contribution is -2.07. The van der Waals surface area contributed by atoms with Crippen molar-refractivity contribution in [2.75, 3.05) is 13.7 Å². The molecule has 0 amide bonds. The third-order valence-electron chi connectivity index (χ3n) is 4.53. The van der Waals surface area contributed by atoms with Crippen molar-refractivity contribution in [1.29, 1.82) is 0 Å². The number of allylic oxidation sites excluding steroid dienone is 3. The van der Waals surface area contributed by atoms with E-state index in [9.17, 15) is 4.79 Å². The zero-order valence-electron chi connectivity index (χ0n) is 18.0. The predicted octanol–water partition coefficient (Wildman–Crippen LogP) is 6.82. The van der Waals surface area contributed by atoms with E-state index in [0.717, 1.165) is 5.57 Å². The Balaban J connectivity index is 0.00000155. The van der Waals surface area contributed by atoms with Crippen LogP contribution in [0.3, 0.4) is 0 Å². The van der Waals surface area contributed by atoms with Gasteiger partial charge in [-0.2, -0.15) is 0 Å². The smallest absolute Gasteiger partial charge is 0.196 e. The first kappa shape index (κ1) is 23.6. The quantitative estimate of drug-likeness (QED) is 0.342. The van der Waals surface area contributed by atoms with Gasteiger partial charge in [0.05, 0.1) is 25.4 Å². The molecule has 0 radical (unpaired) electrons. The van der Waals surface area contributed by atoms with Gasteiger partial charge in [0.1, 0.15) is 17.1 Å². The Morgan fingerprint density at radius 2 is 2.07 bits per heavy atom. The van der Waals surface area contributed by atoms with Gasteiger partial charge in [0, 0.05) is 16.2 Å². The van der Waals surface area contributed by atoms with Gasteiger partial charge in [-0.05, 0) is 68.2 Å². The average Bonchev–Trinajstić information content (AvgIpc) is 3.58. The molecule has 2 aromatic rings. The minimum Gasteiger partial charge on any atom is -0.504 e. The van der Waals surface area contributed by atoms with Gasteiger partial charge in [0.2, 0.25) is 0 Å². The minimum absolute atomic E-state index is 0.1000. The Hall–Kier alpha value is -2.72. The second-order valence-corrected chi connectivity index (χ2v) is 7.19. The Morgan fingerprint density at radius 1 is 1.33 bits per heavy atom. The largest absolute Gasteiger partial charge is 0.504 e. The fourth-order valence-corrected chi connectivity index (χ4v) is 2.82. The Morgan fingerprint density at radius 3 is 2.73 bits per heavy atom. The number of halogens is 1. The summed E-state index contributed by atoms with van der Waals surface area (Å²) in [6.45, 7) is 10.4. The summed E-state index contributed by atoms with van der Waals surface area (Å²) in [5, 5.41) is 0.972. The van der Waals surface area contributed by atoms with E-state index < -0.39 is 0 Å². The molecule has 30 heavy (non-hydrogen) atoms. The van der Waals surface area contributed by atoms with Crippen molar-refractivity contribution in [3.05, 3.63) is 87.2 Å². The van der Waals surface area contributed by atoms with Crippen LogP contribution in [0.4, 0.5) is 0 Å². The maximum absolute atomic E-state index is 12.6. The van der Waals surface area contributed by atoms with Crippen LogP contribution in [0, 0.1) is 12.8 Å². The molecule has 1 saturated carbocycles. The molecule has 0 saturated heterocycles. The van der Waals surface area contributed by atoms with Gasteiger partial charge in [-0.1, -0.05) is 32.0 Å². The fourth-order valence-electron chi connectivity index (χ4n) is 2.65. The molecule has 1 fully saturated rings. The van der Waals surface area contributed by atoms with E-state index in [-0.39, 0.29) is 5.43 Å². The predicted molar refractivity (Wildman–Crippen MR) is 125 cm³/mol. The van der Waals surface area contributed by atoms with E-state index >= 15 is 0 Å². The first-order valence-corrected chi connectivity index (χ1v) is 10.5. The molecule has 1 aliphatic carbocycles. The van der Waals surface area contributed by atoms with E-state index in [1.54, 1.807) is 50.6 Å². The molecule has 1 aliphatic rings. The molecule has 0 N–H and O–H groups in total. The molecule has 0 atom stereocenters. The Kier molecular flexibility index (Phi) is 9.00. The summed E-state index contributed by atoms with van der Waals surface area (Å²) >= 11 is 5.99. The lowest BCUT2D eigenvalue weighted by Gasteiger charge is -2.09. The number of hydrogen-bond acceptors (Lipinski definition) is 4. The number of methoxy groups -OCH3 is 1. The molecule has 1 aromatic heterocycles. The zero-order valence-corrected chi connectivity index (χ0v) is 18.8. The summed E-state index contributed by atoms with van der Waals surface area (Å²) in [4.78, 5) is 12.6. The Bertz CT molecular complexity index is 1020. The van der Waals surface area contributed by atoms with Crippen molar-refractivity contribution in [2.24, 2.45) is 5.92 Å². The third kappa shape index (κ3) is 6.39. The van der Waals surface area contributed by atoms with Gasteiger partial charge in [0.15, 0.2) is 5.43 Å². The number of rotatable bonds is 8. The standard InChI is InChI=1S/C23H23ClO4.C2H6/c1-15-21(28-22-11-9-19(24)13-20(22)23(15)25)10-8-18(5-4-12-26-3)16(2)27-14-17-6-7-17;1-2/h4-5,8-13,17H,2,6-7,14H2,1,3H3;1-2H3/b10-8+,12-4+,18-5-;. The first-order chi connectivity index (χ1) is 14.5. The summed E-state index contributed by atoms with van der Waals surface area (Å²) in [6, 6.07) is 5.02. The molecule has 1 aromatic carbocycles. The molecule has 4 nitrogen and oxygen atoms in total. The highest BCUT2D eigenvalue weighted by atomic mass is 35.5. The van der Waals surface area contributed by atoms with E-state index in [1.165, 1.54) is 12.8 Å². The van der Waals surface area contributed by atoms with Gasteiger partial charge in [0.25, 0.3) is 0 Å². The monoisotopic (exact) mass is 428 g/mol. The SMILES string of the molecule is C=C(OCC1CC1)C(=C\C=C\OC)/C=C/c1oc2ccc(Cl)cc2c(=O)c1C.CC. The molecule has 0 bridgehead atoms. The first-order valence-electron chi connectivity index (χ1n) is 10.1. The highest BCUT2D eigenvalue weighted by Gasteiger charge is 2.22. The average molecular weight is 429 g/mol. The topological polar surface area (TPSA) is 48.7 Å². The van der Waals surface area contributed by atoms with Crippen molar-refractivity contribution in [3.8, 4) is 0 Å². The van der Waals surface area contributed by atoms with E-state index in [1.807, 2.05) is 26.0 Å². The van der Waals surface area contributed by atoms with Crippen LogP contribution in [0.2, 0.25) is 5.02 Å². The lowest BCUT2D eigenvalue weighted by molar-refractivity contribution is 0.209. The van der Waals surface area contributed by atoms with Crippen LogP contribution in [0.15, 0.2) is 69.8 Å². The minimum atomic E-state index is -0.1000. The second-order valence-electron chi connectivity index (χ2n) is 6.76. The summed E-state index contributed by atoms with van der Waals surface area (Å²) in [5.74, 6) is 1.68. The third-order valence-corrected chi connectivity index (χ3v) is 4.77. The van der Waals surface area contributed by atoms with Crippen molar-refractivity contribution in [2.45, 2.75) is 33.6 Å². The van der Waals surface area contributed by atoms with Gasteiger partial charge < -0.3 is 13.9 Å². The van der Waals surface area contributed by atoms with Crippen LogP contribution in [0.5, 0.6) is 0 Å². The molecule has 160 valence electrons. The molecule has 0 unspecified atom stereocenters. The number of benzene rings is 1. The number of hydrogen-bond donors (Lipinski definition) is 0. The highest BCUT2D eigenvalue weighted by Crippen LogP contribution is 2.30. The Labute approximate surface area is 183 Å². The molecule has 0 spiro atoms. The van der Waals surface area contributed by atoms with E-state index in [0.29, 0.717) is 45.6 Å². The number of fused-ring (bicyclic) bond motifs is 1. The lowest BCUT2D eigenvalue weighted by atomic mass is 10.1. The van der Waals surface area contributed by atoms with Crippen molar-refractivity contribution in [1.82, 2.24) is 0 Å². The van der Waals surface area contributed by atoms with Gasteiger partial charge in [-0.3, -0.25) is 4.79 Å². The fraction of sp³-hybridized carbons (Fsp3) is 0.320. The molecular weight excluding hydrogens is 400 g/mol. The normalized spacial score (nSPS) is 14.1. The molecule has 1 heterocycles. The van der Waals surface area contributed by atoms with Crippen LogP contribution < -0.4 is 5.43 Å². The van der Waals surface area contributed by atoms with Crippen LogP contribution in [-0.4, -0.2) is 13.7 Å². The van der Waals surface area contributed by atoms with Crippen LogP contribution >= 0.6 is 11.6 Å². The highest BCUT2D eigenvalue weighted by molar-refractivity contribution is 6.31. The van der Waals surface area contributed by atoms with Gasteiger partial charge in [-0.15, -0.1) is 0 Å². The van der Waals surface area contributed by atoms with Gasteiger partial charge >= 0.3 is 0 Å². The molecule has 5 heteroatoms. The molecule has 0 aliphatic heterocycles. The molecular formula is C25H29ClO4. The van der Waals surface area contributed by atoms with Crippen molar-refractivity contribution in [3.63, 3.8) is 0 Å². The summed E-state index contributed by atoms with van der Waals surface area (Å²) in [7, 11) is 1.58. The maximum atomic E-state index is 12.6. The second kappa shape index (κ2) is 11.5. The van der Waals surface area contributed by atoms with Gasteiger partial charge in [-0.25, -0.2) is 0 Å². The molecule has 3 rings (SSSR count). The summed E-state index contributed by atoms with van der Waals surface area (Å²) in [5.41, 5.74) is 1.68. The summed E-state index contributed by atoms with van der Waals surface area (Å²) in [6.07, 6.45) is 11.1. The maximum Gasteiger partial charge on any atom is 0.196 e. The van der Waals surface area contributed by atoms with Crippen LogP contribution in [-0.2, 0) is 9.47 Å². The van der Waals surface area contributed by atoms with E-state index in [2.05, 4.69) is 6.58 Å². The van der Waals surface area contributed by atoms with E-state index in [4.69, 9.17) is 25.5 Å². The zero-order chi connectivity index (χ0) is 22.1. The summed E-state index contributed by atoms with van der Waals surface area (Å²) < 4.78 is 16.6. The van der Waals surface area contributed by atoms with Crippen molar-refractivity contribution < 1.29 is 13.9 Å². The number of ether oxygens (including phenoxy) is 2. The van der Waals surface area contributed by atoms with Crippen LogP contribution in [0.25, 0.3) is 17.0 Å². The van der Waals surface area contributed by atoms with Crippen LogP contribution in [0.1, 0.15) is 38.0 Å². The van der Waals surface area contributed by atoms with Crippen molar-refractivity contribution >= 4 is 28.6 Å².